The molecule has 4 nitrogen and oxygen atoms in total. The molecule has 3 rings (SSSR count). The zero-order valence-electron chi connectivity index (χ0n) is 27.2. The van der Waals surface area contributed by atoms with Crippen LogP contribution in [-0.2, 0) is 0 Å². The van der Waals surface area contributed by atoms with Gasteiger partial charge in [-0.3, -0.25) is 9.55 Å². The summed E-state index contributed by atoms with van der Waals surface area (Å²) >= 11 is 0. The molecule has 0 aliphatic rings. The van der Waals surface area contributed by atoms with Crippen LogP contribution in [0.3, 0.4) is 0 Å². The number of pyridine rings is 1. The molecule has 0 amide bonds. The van der Waals surface area contributed by atoms with E-state index in [-0.39, 0.29) is 0 Å². The molecule has 0 aliphatic carbocycles. The van der Waals surface area contributed by atoms with E-state index < -0.39 is 0 Å². The monoisotopic (exact) mass is 522 g/mol. The van der Waals surface area contributed by atoms with Crippen molar-refractivity contribution < 1.29 is 0 Å². The van der Waals surface area contributed by atoms with Crippen LogP contribution >= 0.6 is 0 Å². The number of anilines is 1. The molecule has 0 N–H and O–H groups in total. The van der Waals surface area contributed by atoms with E-state index in [1.54, 1.807) is 0 Å². The van der Waals surface area contributed by atoms with Gasteiger partial charge in [-0.25, -0.2) is 4.98 Å². The number of nitrogens with zero attached hydrogens (tertiary/aromatic N) is 4. The maximum Gasteiger partial charge on any atom is 0.139 e. The fourth-order valence-corrected chi connectivity index (χ4v) is 3.14. The van der Waals surface area contributed by atoms with Crippen LogP contribution in [0.2, 0.25) is 0 Å². The Balaban J connectivity index is -0.000000533. The number of allylic oxidation sites excluding steroid dienone is 2. The normalized spacial score (nSPS) is 9.00. The van der Waals surface area contributed by atoms with Crippen LogP contribution in [0, 0.1) is 13.8 Å². The van der Waals surface area contributed by atoms with E-state index in [0.29, 0.717) is 0 Å². The van der Waals surface area contributed by atoms with Crippen LogP contribution in [0.4, 0.5) is 5.69 Å². The van der Waals surface area contributed by atoms with E-state index in [1.807, 2.05) is 111 Å². The van der Waals surface area contributed by atoms with Crippen LogP contribution in [-0.4, -0.2) is 28.1 Å². The first kappa shape index (κ1) is 39.4. The highest BCUT2D eigenvalue weighted by Crippen LogP contribution is 2.23. The summed E-state index contributed by atoms with van der Waals surface area (Å²) in [6.45, 7) is 31.3. The van der Waals surface area contributed by atoms with Crippen LogP contribution < -0.4 is 4.90 Å². The fraction of sp³-hybridized carbons (Fsp3) is 0.471. The Hall–Kier alpha value is -3.14. The highest BCUT2D eigenvalue weighted by Gasteiger charge is 2.10. The lowest BCUT2D eigenvalue weighted by Gasteiger charge is -2.18. The van der Waals surface area contributed by atoms with Gasteiger partial charge < -0.3 is 4.90 Å². The zero-order chi connectivity index (χ0) is 30.1. The molecule has 2 heterocycles. The summed E-state index contributed by atoms with van der Waals surface area (Å²) in [7, 11) is 2.14. The Morgan fingerprint density at radius 1 is 0.921 bits per heavy atom. The zero-order valence-corrected chi connectivity index (χ0v) is 27.2. The van der Waals surface area contributed by atoms with Crippen LogP contribution in [0.1, 0.15) is 99.7 Å². The fourth-order valence-electron chi connectivity index (χ4n) is 3.14. The molecule has 0 aliphatic heterocycles. The third kappa shape index (κ3) is 14.6. The molecule has 3 aromatic rings. The molecule has 1 aromatic carbocycles. The van der Waals surface area contributed by atoms with Crippen molar-refractivity contribution in [2.75, 3.05) is 18.5 Å². The number of imidazole rings is 1. The highest BCUT2D eigenvalue weighted by molar-refractivity contribution is 5.67. The molecule has 2 aromatic heterocycles. The number of hydrogen-bond donors (Lipinski definition) is 0. The summed E-state index contributed by atoms with van der Waals surface area (Å²) in [5, 5.41) is 0. The third-order valence-corrected chi connectivity index (χ3v) is 4.69. The molecule has 0 fully saturated rings. The van der Waals surface area contributed by atoms with Gasteiger partial charge in [0.1, 0.15) is 5.82 Å². The minimum atomic E-state index is 0.878. The van der Waals surface area contributed by atoms with Crippen molar-refractivity contribution in [3.63, 3.8) is 0 Å². The standard InChI is InChI=1S/C15H17N3.C11H17N.4C2H6/c1-5-8-18-14(10-17-15(18)11(2)3)13-7-6-12(4)16-9-13;1-4-8-12(3)11-7-5-6-10(2)9-11;4*1-2/h5-10H,2H2,1,3-4H3;5-7,9H,4,8H2,1-3H3;4*1-2H3/b8-5-;;;;;. The lowest BCUT2D eigenvalue weighted by atomic mass is 10.2. The molecule has 0 saturated heterocycles. The van der Waals surface area contributed by atoms with Gasteiger partial charge in [0.2, 0.25) is 0 Å². The Bertz CT molecular complexity index is 982. The summed E-state index contributed by atoms with van der Waals surface area (Å²) < 4.78 is 2.04. The second-order valence-corrected chi connectivity index (χ2v) is 7.55. The van der Waals surface area contributed by atoms with Crippen molar-refractivity contribution in [3.8, 4) is 11.3 Å². The first-order valence-corrected chi connectivity index (χ1v) is 14.4. The molecule has 0 saturated carbocycles. The summed E-state index contributed by atoms with van der Waals surface area (Å²) in [6.07, 6.45) is 8.90. The first-order chi connectivity index (χ1) is 18.4. The molecular weight excluding hydrogens is 464 g/mol. The molecule has 4 heteroatoms. The number of aryl methyl sites for hydroxylation is 2. The maximum atomic E-state index is 4.42. The third-order valence-electron chi connectivity index (χ3n) is 4.69. The van der Waals surface area contributed by atoms with Crippen molar-refractivity contribution in [3.05, 3.63) is 78.5 Å². The number of hydrogen-bond acceptors (Lipinski definition) is 3. The maximum absolute atomic E-state index is 4.42. The van der Waals surface area contributed by atoms with Gasteiger partial charge in [0.25, 0.3) is 0 Å². The molecule has 0 radical (unpaired) electrons. The van der Waals surface area contributed by atoms with Gasteiger partial charge in [-0.1, -0.05) is 87.1 Å². The average Bonchev–Trinajstić information content (AvgIpc) is 3.38. The second kappa shape index (κ2) is 25.5. The summed E-state index contributed by atoms with van der Waals surface area (Å²) in [4.78, 5) is 11.0. The van der Waals surface area contributed by atoms with Gasteiger partial charge in [-0.05, 0) is 69.5 Å². The van der Waals surface area contributed by atoms with E-state index in [0.717, 1.165) is 34.9 Å². The Labute approximate surface area is 236 Å². The van der Waals surface area contributed by atoms with E-state index in [9.17, 15) is 0 Å². The van der Waals surface area contributed by atoms with Crippen LogP contribution in [0.15, 0.2) is 61.4 Å². The van der Waals surface area contributed by atoms with Crippen LogP contribution in [0.5, 0.6) is 0 Å². The van der Waals surface area contributed by atoms with Gasteiger partial charge in [0.05, 0.1) is 11.9 Å². The van der Waals surface area contributed by atoms with E-state index in [4.69, 9.17) is 0 Å². The van der Waals surface area contributed by atoms with E-state index >= 15 is 0 Å². The van der Waals surface area contributed by atoms with Crippen molar-refractivity contribution in [2.45, 2.75) is 96.4 Å². The van der Waals surface area contributed by atoms with E-state index in [2.05, 4.69) is 72.7 Å². The predicted molar refractivity (Wildman–Crippen MR) is 176 cm³/mol. The number of aromatic nitrogens is 3. The molecule has 214 valence electrons. The smallest absolute Gasteiger partial charge is 0.139 e. The average molecular weight is 523 g/mol. The summed E-state index contributed by atoms with van der Waals surface area (Å²) in [6, 6.07) is 12.7. The number of rotatable bonds is 6. The molecular formula is C34H58N4. The summed E-state index contributed by atoms with van der Waals surface area (Å²) in [5.41, 5.74) is 6.68. The molecule has 0 unspecified atom stereocenters. The first-order valence-electron chi connectivity index (χ1n) is 14.4. The molecule has 0 bridgehead atoms. The van der Waals surface area contributed by atoms with Gasteiger partial charge in [0, 0.05) is 42.9 Å². The molecule has 0 spiro atoms. The quantitative estimate of drug-likeness (QED) is 0.323. The molecule has 38 heavy (non-hydrogen) atoms. The Kier molecular flexibility index (Phi) is 26.4. The topological polar surface area (TPSA) is 34.0 Å². The second-order valence-electron chi connectivity index (χ2n) is 7.55. The Morgan fingerprint density at radius 3 is 1.97 bits per heavy atom. The summed E-state index contributed by atoms with van der Waals surface area (Å²) in [5.74, 6) is 0.878. The van der Waals surface area contributed by atoms with Gasteiger partial charge in [-0.15, -0.1) is 0 Å². The minimum absolute atomic E-state index is 0.878. The van der Waals surface area contributed by atoms with Crippen molar-refractivity contribution >= 4 is 17.5 Å². The Morgan fingerprint density at radius 2 is 1.53 bits per heavy atom. The largest absolute Gasteiger partial charge is 0.375 e. The minimum Gasteiger partial charge on any atom is -0.375 e. The van der Waals surface area contributed by atoms with Crippen molar-refractivity contribution in [2.24, 2.45) is 0 Å². The SMILES string of the molecule is C=C(C)c1ncc(-c2ccc(C)nc2)n1/C=C\C.CC.CC.CC.CC.CCCN(C)c1cccc(C)c1. The number of benzene rings is 1. The van der Waals surface area contributed by atoms with Gasteiger partial charge in [-0.2, -0.15) is 0 Å². The van der Waals surface area contributed by atoms with Gasteiger partial charge in [0.15, 0.2) is 0 Å². The lowest BCUT2D eigenvalue weighted by molar-refractivity contribution is 0.852. The highest BCUT2D eigenvalue weighted by atomic mass is 15.1. The van der Waals surface area contributed by atoms with Crippen molar-refractivity contribution in [1.29, 1.82) is 0 Å². The van der Waals surface area contributed by atoms with E-state index in [1.165, 1.54) is 17.7 Å². The lowest BCUT2D eigenvalue weighted by Crippen LogP contribution is -2.17. The predicted octanol–water partition coefficient (Wildman–Crippen LogP) is 10.7. The van der Waals surface area contributed by atoms with Crippen molar-refractivity contribution in [1.82, 2.24) is 14.5 Å². The van der Waals surface area contributed by atoms with Gasteiger partial charge >= 0.3 is 0 Å². The molecule has 0 atom stereocenters. The van der Waals surface area contributed by atoms with Crippen LogP contribution in [0.25, 0.3) is 23.0 Å².